The first-order valence-corrected chi connectivity index (χ1v) is 9.21. The first-order valence-electron chi connectivity index (χ1n) is 9.21. The zero-order valence-electron chi connectivity index (χ0n) is 15.3. The molecule has 1 saturated carbocycles. The number of hydrogen-bond acceptors (Lipinski definition) is 5. The Kier molecular flexibility index (Phi) is 5.23. The summed E-state index contributed by atoms with van der Waals surface area (Å²) in [5, 5.41) is 0. The molecule has 1 aromatic heterocycles. The second kappa shape index (κ2) is 7.95. The maximum absolute atomic E-state index is 12.2. The van der Waals surface area contributed by atoms with E-state index in [0.717, 1.165) is 16.8 Å². The predicted octanol–water partition coefficient (Wildman–Crippen LogP) is 2.00. The molecule has 1 aromatic carbocycles. The lowest BCUT2D eigenvalue weighted by Crippen LogP contribution is -2.34. The molecule has 0 amide bonds. The molecule has 1 unspecified atom stereocenters. The molecule has 6 nitrogen and oxygen atoms in total. The second-order valence-electron chi connectivity index (χ2n) is 6.82. The molecule has 2 aliphatic rings. The van der Waals surface area contributed by atoms with Gasteiger partial charge in [0.2, 0.25) is 5.88 Å². The first kappa shape index (κ1) is 17.8. The fourth-order valence-electron chi connectivity index (χ4n) is 2.82. The van der Waals surface area contributed by atoms with E-state index in [1.54, 1.807) is 13.1 Å². The fraction of sp³-hybridized carbons (Fsp3) is 0.429. The van der Waals surface area contributed by atoms with E-state index in [-0.39, 0.29) is 11.8 Å². The normalized spacial score (nSPS) is 19.2. The van der Waals surface area contributed by atoms with Crippen molar-refractivity contribution in [3.05, 3.63) is 46.4 Å². The summed E-state index contributed by atoms with van der Waals surface area (Å²) in [6.45, 7) is 1.95. The summed E-state index contributed by atoms with van der Waals surface area (Å²) < 4.78 is 18.1. The molecular weight excluding hydrogens is 344 g/mol. The van der Waals surface area contributed by atoms with E-state index in [1.165, 1.54) is 17.4 Å². The molecule has 0 spiro atoms. The molecule has 4 rings (SSSR count). The summed E-state index contributed by atoms with van der Waals surface area (Å²) in [7, 11) is 1.70. The van der Waals surface area contributed by atoms with Crippen LogP contribution in [0, 0.1) is 17.8 Å². The van der Waals surface area contributed by atoms with Crippen LogP contribution in [-0.4, -0.2) is 42.1 Å². The van der Waals surface area contributed by atoms with E-state index in [1.807, 2.05) is 24.3 Å². The standard InChI is InChI=1S/C21H22N2O4/c1-23-19(17-8-6-16(7-9-17)5-4-15-2-3-15)12-20(22-21(23)24)27-14-18-13-25-10-11-26-18/h6-9,12,15,18H,2-3,10-11,13-14H2,1H3. The van der Waals surface area contributed by atoms with E-state index >= 15 is 0 Å². The molecule has 140 valence electrons. The lowest BCUT2D eigenvalue weighted by molar-refractivity contribution is -0.102. The van der Waals surface area contributed by atoms with Crippen LogP contribution in [0.3, 0.4) is 0 Å². The quantitative estimate of drug-likeness (QED) is 0.775. The minimum atomic E-state index is -0.360. The van der Waals surface area contributed by atoms with Gasteiger partial charge in [-0.05, 0) is 30.5 Å². The highest BCUT2D eigenvalue weighted by molar-refractivity contribution is 5.61. The summed E-state index contributed by atoms with van der Waals surface area (Å²) in [5.74, 6) is 7.31. The molecular formula is C21H22N2O4. The van der Waals surface area contributed by atoms with E-state index in [4.69, 9.17) is 14.2 Å². The molecule has 2 fully saturated rings. The second-order valence-corrected chi connectivity index (χ2v) is 6.82. The number of nitrogens with zero attached hydrogens (tertiary/aromatic N) is 2. The smallest absolute Gasteiger partial charge is 0.351 e. The Morgan fingerprint density at radius 1 is 1.26 bits per heavy atom. The van der Waals surface area contributed by atoms with E-state index in [9.17, 15) is 4.79 Å². The van der Waals surface area contributed by atoms with Gasteiger partial charge in [0.05, 0.1) is 25.5 Å². The zero-order chi connectivity index (χ0) is 18.6. The van der Waals surface area contributed by atoms with Gasteiger partial charge in [-0.3, -0.25) is 4.57 Å². The summed E-state index contributed by atoms with van der Waals surface area (Å²) in [4.78, 5) is 16.2. The van der Waals surface area contributed by atoms with E-state index in [2.05, 4.69) is 16.8 Å². The minimum absolute atomic E-state index is 0.141. The molecule has 0 radical (unpaired) electrons. The van der Waals surface area contributed by atoms with Crippen LogP contribution < -0.4 is 10.4 Å². The molecule has 2 heterocycles. The van der Waals surface area contributed by atoms with Crippen LogP contribution in [-0.2, 0) is 16.5 Å². The van der Waals surface area contributed by atoms with Gasteiger partial charge in [0.1, 0.15) is 12.7 Å². The molecule has 27 heavy (non-hydrogen) atoms. The number of benzene rings is 1. The van der Waals surface area contributed by atoms with Crippen molar-refractivity contribution in [2.45, 2.75) is 18.9 Å². The number of aromatic nitrogens is 2. The largest absolute Gasteiger partial charge is 0.475 e. The van der Waals surface area contributed by atoms with Crippen molar-refractivity contribution in [2.75, 3.05) is 26.4 Å². The van der Waals surface area contributed by atoms with Crippen LogP contribution in [0.5, 0.6) is 5.88 Å². The van der Waals surface area contributed by atoms with Crippen LogP contribution in [0.15, 0.2) is 35.1 Å². The van der Waals surface area contributed by atoms with Crippen molar-refractivity contribution >= 4 is 0 Å². The summed E-state index contributed by atoms with van der Waals surface area (Å²) in [5.41, 5.74) is 2.28. The molecule has 1 aliphatic heterocycles. The van der Waals surface area contributed by atoms with Gasteiger partial charge in [-0.25, -0.2) is 4.79 Å². The van der Waals surface area contributed by atoms with Gasteiger partial charge < -0.3 is 14.2 Å². The van der Waals surface area contributed by atoms with Gasteiger partial charge in [0.25, 0.3) is 0 Å². The van der Waals surface area contributed by atoms with Crippen LogP contribution in [0.4, 0.5) is 0 Å². The third-order valence-corrected chi connectivity index (χ3v) is 4.60. The lowest BCUT2D eigenvalue weighted by atomic mass is 10.1. The summed E-state index contributed by atoms with van der Waals surface area (Å²) in [6.07, 6.45) is 2.29. The third kappa shape index (κ3) is 4.57. The Hall–Kier alpha value is -2.62. The predicted molar refractivity (Wildman–Crippen MR) is 101 cm³/mol. The van der Waals surface area contributed by atoms with Crippen molar-refractivity contribution in [1.29, 1.82) is 0 Å². The molecule has 2 aromatic rings. The zero-order valence-corrected chi connectivity index (χ0v) is 15.3. The van der Waals surface area contributed by atoms with Crippen LogP contribution in [0.25, 0.3) is 11.3 Å². The molecule has 1 atom stereocenters. The maximum Gasteiger partial charge on any atom is 0.351 e. The van der Waals surface area contributed by atoms with Crippen molar-refractivity contribution < 1.29 is 14.2 Å². The number of hydrogen-bond donors (Lipinski definition) is 0. The van der Waals surface area contributed by atoms with Crippen molar-refractivity contribution in [3.8, 4) is 29.0 Å². The fourth-order valence-corrected chi connectivity index (χ4v) is 2.82. The van der Waals surface area contributed by atoms with E-state index < -0.39 is 0 Å². The first-order chi connectivity index (χ1) is 13.2. The highest BCUT2D eigenvalue weighted by Gasteiger charge is 2.18. The van der Waals surface area contributed by atoms with Crippen molar-refractivity contribution in [2.24, 2.45) is 13.0 Å². The van der Waals surface area contributed by atoms with Gasteiger partial charge >= 0.3 is 5.69 Å². The number of ether oxygens (including phenoxy) is 3. The highest BCUT2D eigenvalue weighted by Crippen LogP contribution is 2.27. The molecule has 1 aliphatic carbocycles. The average Bonchev–Trinajstić information content (AvgIpc) is 3.53. The van der Waals surface area contributed by atoms with Gasteiger partial charge in [-0.15, -0.1) is 0 Å². The summed E-state index contributed by atoms with van der Waals surface area (Å²) >= 11 is 0. The summed E-state index contributed by atoms with van der Waals surface area (Å²) in [6, 6.07) is 9.66. The average molecular weight is 366 g/mol. The van der Waals surface area contributed by atoms with Crippen LogP contribution in [0.1, 0.15) is 18.4 Å². The SMILES string of the molecule is Cn1c(-c2ccc(C#CC3CC3)cc2)cc(OCC2COCCO2)nc1=O. The Morgan fingerprint density at radius 2 is 2.07 bits per heavy atom. The molecule has 0 N–H and O–H groups in total. The third-order valence-electron chi connectivity index (χ3n) is 4.60. The van der Waals surface area contributed by atoms with Crippen LogP contribution >= 0.6 is 0 Å². The Balaban J connectivity index is 1.51. The Morgan fingerprint density at radius 3 is 2.78 bits per heavy atom. The molecule has 0 bridgehead atoms. The van der Waals surface area contributed by atoms with Crippen LogP contribution in [0.2, 0.25) is 0 Å². The van der Waals surface area contributed by atoms with Crippen molar-refractivity contribution in [1.82, 2.24) is 9.55 Å². The minimum Gasteiger partial charge on any atom is -0.475 e. The topological polar surface area (TPSA) is 62.6 Å². The lowest BCUT2D eigenvalue weighted by Gasteiger charge is -2.22. The number of rotatable bonds is 4. The monoisotopic (exact) mass is 366 g/mol. The maximum atomic E-state index is 12.2. The van der Waals surface area contributed by atoms with Gasteiger partial charge in [-0.1, -0.05) is 24.0 Å². The van der Waals surface area contributed by atoms with Crippen molar-refractivity contribution in [3.63, 3.8) is 0 Å². The van der Waals surface area contributed by atoms with E-state index in [0.29, 0.717) is 38.2 Å². The van der Waals surface area contributed by atoms with Gasteiger partial charge in [0.15, 0.2) is 0 Å². The van der Waals surface area contributed by atoms with Gasteiger partial charge in [0, 0.05) is 24.6 Å². The Labute approximate surface area is 158 Å². The Bertz CT molecular complexity index is 914. The highest BCUT2D eigenvalue weighted by atomic mass is 16.6. The van der Waals surface area contributed by atoms with Gasteiger partial charge in [-0.2, -0.15) is 4.98 Å². The molecule has 1 saturated heterocycles. The molecule has 6 heteroatoms.